The molecule has 0 aromatic heterocycles. The molecule has 0 spiro atoms. The molecule has 0 saturated heterocycles. The minimum atomic E-state index is 0.0919. The zero-order valence-electron chi connectivity index (χ0n) is 10.0. The van der Waals surface area contributed by atoms with Gasteiger partial charge in [0.25, 0.3) is 0 Å². The SMILES string of the molecule is CC/C(C(C)=O)=C(/NC)c1cccc(N)c1. The first-order valence-corrected chi connectivity index (χ1v) is 5.37. The number of Topliss-reactive ketones (excluding diaryl/α,β-unsaturated/α-hetero) is 1. The number of allylic oxidation sites excluding steroid dienone is 1. The van der Waals surface area contributed by atoms with Crippen LogP contribution in [-0.2, 0) is 4.79 Å². The zero-order valence-corrected chi connectivity index (χ0v) is 10.0. The van der Waals surface area contributed by atoms with Gasteiger partial charge in [0.05, 0.1) is 0 Å². The summed E-state index contributed by atoms with van der Waals surface area (Å²) in [5.41, 5.74) is 9.05. The van der Waals surface area contributed by atoms with E-state index in [9.17, 15) is 4.79 Å². The van der Waals surface area contributed by atoms with Gasteiger partial charge in [-0.05, 0) is 25.5 Å². The molecule has 0 fully saturated rings. The van der Waals surface area contributed by atoms with Crippen molar-refractivity contribution in [1.82, 2.24) is 5.32 Å². The Morgan fingerprint density at radius 3 is 2.56 bits per heavy atom. The molecule has 0 aliphatic rings. The molecular formula is C13H18N2O. The Morgan fingerprint density at radius 2 is 2.12 bits per heavy atom. The van der Waals surface area contributed by atoms with E-state index in [-0.39, 0.29) is 5.78 Å². The number of ketones is 1. The van der Waals surface area contributed by atoms with Gasteiger partial charge in [-0.15, -0.1) is 0 Å². The van der Waals surface area contributed by atoms with Gasteiger partial charge in [0.1, 0.15) is 0 Å². The number of hydrogen-bond donors (Lipinski definition) is 2. The summed E-state index contributed by atoms with van der Waals surface area (Å²) in [5.74, 6) is 0.0919. The quantitative estimate of drug-likeness (QED) is 0.601. The molecule has 1 aromatic carbocycles. The van der Waals surface area contributed by atoms with Crippen molar-refractivity contribution in [3.8, 4) is 0 Å². The topological polar surface area (TPSA) is 55.1 Å². The smallest absolute Gasteiger partial charge is 0.157 e. The normalized spacial score (nSPS) is 11.9. The van der Waals surface area contributed by atoms with Crippen molar-refractivity contribution in [2.75, 3.05) is 12.8 Å². The van der Waals surface area contributed by atoms with Crippen LogP contribution in [0.5, 0.6) is 0 Å². The number of benzene rings is 1. The number of nitrogens with two attached hydrogens (primary N) is 1. The zero-order chi connectivity index (χ0) is 12.1. The summed E-state index contributed by atoms with van der Waals surface area (Å²) in [7, 11) is 1.82. The van der Waals surface area contributed by atoms with Gasteiger partial charge in [-0.3, -0.25) is 4.79 Å². The maximum Gasteiger partial charge on any atom is 0.157 e. The van der Waals surface area contributed by atoms with Crippen molar-refractivity contribution < 1.29 is 4.79 Å². The summed E-state index contributed by atoms with van der Waals surface area (Å²) in [6.45, 7) is 3.56. The van der Waals surface area contributed by atoms with Crippen LogP contribution in [0, 0.1) is 0 Å². The molecule has 0 amide bonds. The Balaban J connectivity index is 3.30. The molecule has 0 saturated carbocycles. The summed E-state index contributed by atoms with van der Waals surface area (Å²) >= 11 is 0. The second kappa shape index (κ2) is 5.35. The van der Waals surface area contributed by atoms with Crippen LogP contribution in [0.4, 0.5) is 5.69 Å². The van der Waals surface area contributed by atoms with Crippen molar-refractivity contribution in [1.29, 1.82) is 0 Å². The molecule has 0 bridgehead atoms. The highest BCUT2D eigenvalue weighted by Gasteiger charge is 2.10. The Morgan fingerprint density at radius 1 is 1.44 bits per heavy atom. The van der Waals surface area contributed by atoms with E-state index in [1.165, 1.54) is 0 Å². The number of hydrogen-bond acceptors (Lipinski definition) is 3. The van der Waals surface area contributed by atoms with E-state index >= 15 is 0 Å². The van der Waals surface area contributed by atoms with Gasteiger partial charge < -0.3 is 11.1 Å². The molecule has 3 nitrogen and oxygen atoms in total. The first-order chi connectivity index (χ1) is 7.60. The van der Waals surface area contributed by atoms with Gasteiger partial charge in [-0.1, -0.05) is 19.1 Å². The van der Waals surface area contributed by atoms with Crippen LogP contribution in [-0.4, -0.2) is 12.8 Å². The van der Waals surface area contributed by atoms with Crippen molar-refractivity contribution in [3.63, 3.8) is 0 Å². The maximum atomic E-state index is 11.5. The number of anilines is 1. The first-order valence-electron chi connectivity index (χ1n) is 5.37. The van der Waals surface area contributed by atoms with E-state index in [1.54, 1.807) is 6.92 Å². The molecule has 0 unspecified atom stereocenters. The number of carbonyl (C=O) groups is 1. The van der Waals surface area contributed by atoms with E-state index in [4.69, 9.17) is 5.73 Å². The van der Waals surface area contributed by atoms with E-state index < -0.39 is 0 Å². The molecule has 3 N–H and O–H groups in total. The molecule has 3 heteroatoms. The van der Waals surface area contributed by atoms with Gasteiger partial charge in [0.2, 0.25) is 0 Å². The number of rotatable bonds is 4. The highest BCUT2D eigenvalue weighted by atomic mass is 16.1. The van der Waals surface area contributed by atoms with E-state index in [0.29, 0.717) is 12.1 Å². The number of nitrogens with one attached hydrogen (secondary N) is 1. The van der Waals surface area contributed by atoms with Crippen LogP contribution in [0.15, 0.2) is 29.8 Å². The summed E-state index contributed by atoms with van der Waals surface area (Å²) < 4.78 is 0. The van der Waals surface area contributed by atoms with Gasteiger partial charge in [-0.25, -0.2) is 0 Å². The van der Waals surface area contributed by atoms with Crippen LogP contribution >= 0.6 is 0 Å². The third-order valence-electron chi connectivity index (χ3n) is 2.51. The van der Waals surface area contributed by atoms with Crippen LogP contribution in [0.2, 0.25) is 0 Å². The van der Waals surface area contributed by atoms with Crippen LogP contribution in [0.25, 0.3) is 5.70 Å². The van der Waals surface area contributed by atoms with Crippen molar-refractivity contribution in [3.05, 3.63) is 35.4 Å². The monoisotopic (exact) mass is 218 g/mol. The lowest BCUT2D eigenvalue weighted by Crippen LogP contribution is -2.12. The third kappa shape index (κ3) is 2.63. The van der Waals surface area contributed by atoms with Crippen molar-refractivity contribution in [2.45, 2.75) is 20.3 Å². The molecule has 0 radical (unpaired) electrons. The lowest BCUT2D eigenvalue weighted by atomic mass is 10.0. The third-order valence-corrected chi connectivity index (χ3v) is 2.51. The second-order valence-electron chi connectivity index (χ2n) is 3.64. The van der Waals surface area contributed by atoms with Gasteiger partial charge >= 0.3 is 0 Å². The minimum absolute atomic E-state index is 0.0919. The average molecular weight is 218 g/mol. The number of carbonyl (C=O) groups excluding carboxylic acids is 1. The standard InChI is InChI=1S/C13H18N2O/c1-4-12(9(2)16)13(15-3)10-6-5-7-11(14)8-10/h5-8,15H,4,14H2,1-3H3/b13-12-. The molecule has 16 heavy (non-hydrogen) atoms. The van der Waals surface area contributed by atoms with Crippen LogP contribution in [0.3, 0.4) is 0 Å². The van der Waals surface area contributed by atoms with E-state index in [1.807, 2.05) is 38.2 Å². The minimum Gasteiger partial charge on any atom is -0.399 e. The predicted octanol–water partition coefficient (Wildman–Crippen LogP) is 2.20. The predicted molar refractivity (Wildman–Crippen MR) is 67.8 cm³/mol. The highest BCUT2D eigenvalue weighted by molar-refractivity contribution is 6.00. The largest absolute Gasteiger partial charge is 0.399 e. The second-order valence-corrected chi connectivity index (χ2v) is 3.64. The Labute approximate surface area is 96.3 Å². The van der Waals surface area contributed by atoms with Gasteiger partial charge in [0, 0.05) is 29.6 Å². The van der Waals surface area contributed by atoms with Crippen LogP contribution in [0.1, 0.15) is 25.8 Å². The van der Waals surface area contributed by atoms with Gasteiger partial charge in [-0.2, -0.15) is 0 Å². The summed E-state index contributed by atoms with van der Waals surface area (Å²) in [4.78, 5) is 11.5. The number of nitrogen functional groups attached to an aromatic ring is 1. The summed E-state index contributed by atoms with van der Waals surface area (Å²) in [6, 6.07) is 7.52. The molecule has 0 aliphatic heterocycles. The Bertz CT molecular complexity index is 422. The summed E-state index contributed by atoms with van der Waals surface area (Å²) in [6.07, 6.45) is 0.709. The molecule has 1 aromatic rings. The lowest BCUT2D eigenvalue weighted by molar-refractivity contribution is -0.113. The van der Waals surface area contributed by atoms with E-state index in [0.717, 1.165) is 16.8 Å². The molecule has 86 valence electrons. The molecule has 1 rings (SSSR count). The van der Waals surface area contributed by atoms with E-state index in [2.05, 4.69) is 5.32 Å². The lowest BCUT2D eigenvalue weighted by Gasteiger charge is -2.12. The van der Waals surface area contributed by atoms with Crippen molar-refractivity contribution in [2.24, 2.45) is 0 Å². The fourth-order valence-electron chi connectivity index (χ4n) is 1.77. The summed E-state index contributed by atoms with van der Waals surface area (Å²) in [5, 5.41) is 3.08. The fourth-order valence-corrected chi connectivity index (χ4v) is 1.77. The molecule has 0 atom stereocenters. The average Bonchev–Trinajstić information content (AvgIpc) is 2.25. The maximum absolute atomic E-state index is 11.5. The molecular weight excluding hydrogens is 200 g/mol. The Hall–Kier alpha value is -1.77. The molecule has 0 heterocycles. The van der Waals surface area contributed by atoms with Gasteiger partial charge in [0.15, 0.2) is 5.78 Å². The highest BCUT2D eigenvalue weighted by Crippen LogP contribution is 2.20. The first kappa shape index (κ1) is 12.3. The molecule has 0 aliphatic carbocycles. The fraction of sp³-hybridized carbons (Fsp3) is 0.308. The van der Waals surface area contributed by atoms with Crippen molar-refractivity contribution >= 4 is 17.2 Å². The van der Waals surface area contributed by atoms with Crippen LogP contribution < -0.4 is 11.1 Å². The Kier molecular flexibility index (Phi) is 4.11.